The molecule has 3 aromatic heterocycles. The number of rotatable bonds is 10. The van der Waals surface area contributed by atoms with Crippen molar-refractivity contribution in [2.45, 2.75) is 26.9 Å². The minimum atomic E-state index is -0.0650. The molecule has 0 aliphatic carbocycles. The van der Waals surface area contributed by atoms with E-state index in [1.165, 1.54) is 16.7 Å². The van der Waals surface area contributed by atoms with E-state index in [4.69, 9.17) is 24.4 Å². The van der Waals surface area contributed by atoms with Crippen molar-refractivity contribution in [2.75, 3.05) is 44.2 Å². The number of imidazole rings is 1. The fourth-order valence-corrected chi connectivity index (χ4v) is 5.15. The number of benzene rings is 2. The highest BCUT2D eigenvalue weighted by Crippen LogP contribution is 2.33. The second kappa shape index (κ2) is 12.0. The number of carbonyl (C=O) groups is 1. The molecule has 6 rings (SSSR count). The Balaban J connectivity index is 1.27. The fourth-order valence-electron chi connectivity index (χ4n) is 5.15. The average Bonchev–Trinajstić information content (AvgIpc) is 3.64. The Morgan fingerprint density at radius 3 is 2.49 bits per heavy atom. The summed E-state index contributed by atoms with van der Waals surface area (Å²) in [7, 11) is 3.72. The maximum Gasteiger partial charge on any atom is 0.253 e. The van der Waals surface area contributed by atoms with Crippen molar-refractivity contribution in [3.8, 4) is 11.5 Å². The van der Waals surface area contributed by atoms with E-state index in [-0.39, 0.29) is 12.7 Å². The number of carbonyl (C=O) groups excluding carboxylic acids is 1. The minimum absolute atomic E-state index is 0.0650. The molecule has 2 aromatic carbocycles. The zero-order valence-electron chi connectivity index (χ0n) is 24.7. The van der Waals surface area contributed by atoms with E-state index < -0.39 is 0 Å². The maximum absolute atomic E-state index is 12.9. The molecule has 1 amide bonds. The summed E-state index contributed by atoms with van der Waals surface area (Å²) in [5, 5.41) is 3.47. The van der Waals surface area contributed by atoms with Gasteiger partial charge in [-0.05, 0) is 49.2 Å². The van der Waals surface area contributed by atoms with Crippen molar-refractivity contribution in [1.82, 2.24) is 29.4 Å². The first-order valence-electron chi connectivity index (χ1n) is 14.1. The van der Waals surface area contributed by atoms with Gasteiger partial charge in [-0.1, -0.05) is 35.4 Å². The van der Waals surface area contributed by atoms with Gasteiger partial charge in [-0.25, -0.2) is 4.98 Å². The molecule has 0 radical (unpaired) electrons. The molecule has 1 aliphatic rings. The number of aryl methyl sites for hydroxylation is 2. The lowest BCUT2D eigenvalue weighted by atomic mass is 10.1. The van der Waals surface area contributed by atoms with Crippen LogP contribution in [0.15, 0.2) is 67.3 Å². The van der Waals surface area contributed by atoms with Gasteiger partial charge in [-0.15, -0.1) is 0 Å². The van der Waals surface area contributed by atoms with Crippen LogP contribution in [0.4, 0.5) is 11.8 Å². The summed E-state index contributed by atoms with van der Waals surface area (Å²) in [5.74, 6) is 2.58. The smallest absolute Gasteiger partial charge is 0.253 e. The molecule has 1 N–H and O–H groups in total. The molecular weight excluding hydrogens is 544 g/mol. The Morgan fingerprint density at radius 2 is 1.70 bits per heavy atom. The van der Waals surface area contributed by atoms with Crippen molar-refractivity contribution in [2.24, 2.45) is 0 Å². The van der Waals surface area contributed by atoms with Gasteiger partial charge in [0.05, 0.1) is 12.9 Å². The van der Waals surface area contributed by atoms with Gasteiger partial charge < -0.3 is 29.2 Å². The number of anilines is 2. The first kappa shape index (κ1) is 28.0. The van der Waals surface area contributed by atoms with Gasteiger partial charge in [0.2, 0.25) is 12.7 Å². The van der Waals surface area contributed by atoms with Crippen LogP contribution in [0.2, 0.25) is 0 Å². The molecule has 0 saturated heterocycles. The van der Waals surface area contributed by atoms with Crippen LogP contribution >= 0.6 is 0 Å². The van der Waals surface area contributed by atoms with Crippen molar-refractivity contribution < 1.29 is 14.3 Å². The summed E-state index contributed by atoms with van der Waals surface area (Å²) in [5.41, 5.74) is 6.64. The van der Waals surface area contributed by atoms with Crippen molar-refractivity contribution in [1.29, 1.82) is 0 Å². The molecule has 0 saturated carbocycles. The standard InChI is InChI=1S/C32H34N8O3/c1-21-13-22(2)15-24(14-21)18-40-19-35-28-29(34-17-23-5-6-26-27(16-23)43-20-42-26)36-32(37-30(28)40)39(4)12-11-38(3)31(41)25-7-9-33-10-8-25/h5-10,13-16,19H,11-12,17-18,20H2,1-4H3,(H,34,36,37). The summed E-state index contributed by atoms with van der Waals surface area (Å²) in [6, 6.07) is 15.8. The summed E-state index contributed by atoms with van der Waals surface area (Å²) in [6.45, 7) is 6.60. The van der Waals surface area contributed by atoms with Crippen LogP contribution in [0.5, 0.6) is 11.5 Å². The van der Waals surface area contributed by atoms with Crippen molar-refractivity contribution >= 4 is 28.8 Å². The third-order valence-corrected chi connectivity index (χ3v) is 7.37. The van der Waals surface area contributed by atoms with E-state index >= 15 is 0 Å². The van der Waals surface area contributed by atoms with Crippen molar-refractivity contribution in [3.63, 3.8) is 0 Å². The predicted octanol–water partition coefficient (Wildman–Crippen LogP) is 4.44. The lowest BCUT2D eigenvalue weighted by Crippen LogP contribution is -2.35. The number of nitrogens with one attached hydrogen (secondary N) is 1. The molecule has 220 valence electrons. The van der Waals surface area contributed by atoms with Crippen LogP contribution in [0.25, 0.3) is 11.2 Å². The zero-order chi connectivity index (χ0) is 29.9. The fraction of sp³-hybridized carbons (Fsp3) is 0.281. The average molecular weight is 579 g/mol. The molecule has 0 bridgehead atoms. The predicted molar refractivity (Wildman–Crippen MR) is 165 cm³/mol. The maximum atomic E-state index is 12.9. The Morgan fingerprint density at radius 1 is 0.930 bits per heavy atom. The number of aromatic nitrogens is 5. The molecule has 0 spiro atoms. The number of hydrogen-bond donors (Lipinski definition) is 1. The van der Waals surface area contributed by atoms with Crippen LogP contribution in [0, 0.1) is 13.8 Å². The second-order valence-corrected chi connectivity index (χ2v) is 10.8. The Kier molecular flexibility index (Phi) is 7.78. The first-order chi connectivity index (χ1) is 20.8. The summed E-state index contributed by atoms with van der Waals surface area (Å²) < 4.78 is 13.1. The number of ether oxygens (including phenoxy) is 2. The van der Waals surface area contributed by atoms with E-state index in [9.17, 15) is 4.79 Å². The summed E-state index contributed by atoms with van der Waals surface area (Å²) >= 11 is 0. The van der Waals surface area contributed by atoms with E-state index in [0.717, 1.165) is 22.7 Å². The SMILES string of the molecule is Cc1cc(C)cc(Cn2cnc3c(NCc4ccc5c(c4)OCO5)nc(N(C)CCN(C)C(=O)c4ccncc4)nc32)c1. The quantitative estimate of drug-likeness (QED) is 0.257. The number of pyridine rings is 1. The van der Waals surface area contributed by atoms with E-state index in [0.29, 0.717) is 49.0 Å². The highest BCUT2D eigenvalue weighted by atomic mass is 16.7. The normalized spacial score (nSPS) is 12.0. The van der Waals surface area contributed by atoms with Gasteiger partial charge in [0.25, 0.3) is 5.91 Å². The molecule has 4 heterocycles. The monoisotopic (exact) mass is 578 g/mol. The summed E-state index contributed by atoms with van der Waals surface area (Å²) in [4.78, 5) is 35.0. The lowest BCUT2D eigenvalue weighted by Gasteiger charge is -2.23. The number of fused-ring (bicyclic) bond motifs is 2. The van der Waals surface area contributed by atoms with Crippen LogP contribution in [-0.4, -0.2) is 69.3 Å². The van der Waals surface area contributed by atoms with Gasteiger partial charge in [-0.2, -0.15) is 9.97 Å². The third-order valence-electron chi connectivity index (χ3n) is 7.37. The molecule has 0 atom stereocenters. The molecule has 11 nitrogen and oxygen atoms in total. The Labute approximate surface area is 250 Å². The van der Waals surface area contributed by atoms with Gasteiger partial charge >= 0.3 is 0 Å². The Bertz CT molecular complexity index is 1750. The minimum Gasteiger partial charge on any atom is -0.454 e. The second-order valence-electron chi connectivity index (χ2n) is 10.8. The van der Waals surface area contributed by atoms with Crippen molar-refractivity contribution in [3.05, 3.63) is 95.1 Å². The van der Waals surface area contributed by atoms with Gasteiger partial charge in [0.1, 0.15) is 0 Å². The number of nitrogens with zero attached hydrogens (tertiary/aromatic N) is 7. The largest absolute Gasteiger partial charge is 0.454 e. The van der Waals surface area contributed by atoms with Crippen LogP contribution in [0.1, 0.15) is 32.6 Å². The van der Waals surface area contributed by atoms with E-state index in [1.54, 1.807) is 36.5 Å². The van der Waals surface area contributed by atoms with Crippen LogP contribution in [0.3, 0.4) is 0 Å². The summed E-state index contributed by atoms with van der Waals surface area (Å²) in [6.07, 6.45) is 5.05. The van der Waals surface area contributed by atoms with Gasteiger partial charge in [0, 0.05) is 51.7 Å². The third kappa shape index (κ3) is 6.20. The van der Waals surface area contributed by atoms with Gasteiger partial charge in [0.15, 0.2) is 28.5 Å². The molecule has 43 heavy (non-hydrogen) atoms. The number of hydrogen-bond acceptors (Lipinski definition) is 9. The highest BCUT2D eigenvalue weighted by Gasteiger charge is 2.19. The van der Waals surface area contributed by atoms with Crippen LogP contribution in [-0.2, 0) is 13.1 Å². The lowest BCUT2D eigenvalue weighted by molar-refractivity contribution is 0.0798. The molecule has 1 aliphatic heterocycles. The van der Waals surface area contributed by atoms with E-state index in [1.807, 2.05) is 41.0 Å². The molecular formula is C32H34N8O3. The topological polar surface area (TPSA) is 111 Å². The molecule has 0 unspecified atom stereocenters. The Hall–Kier alpha value is -5.19. The van der Waals surface area contributed by atoms with Crippen LogP contribution < -0.4 is 19.7 Å². The molecule has 11 heteroatoms. The first-order valence-corrected chi connectivity index (χ1v) is 14.1. The number of amides is 1. The zero-order valence-corrected chi connectivity index (χ0v) is 24.7. The van der Waals surface area contributed by atoms with Gasteiger partial charge in [-0.3, -0.25) is 9.78 Å². The molecule has 5 aromatic rings. The molecule has 0 fully saturated rings. The number of likely N-dealkylation sites (N-methyl/N-ethyl adjacent to an activating group) is 2. The van der Waals surface area contributed by atoms with E-state index in [2.05, 4.69) is 42.3 Å². The highest BCUT2D eigenvalue weighted by molar-refractivity contribution is 5.93.